The van der Waals surface area contributed by atoms with Crippen LogP contribution in [0.1, 0.15) is 25.7 Å². The van der Waals surface area contributed by atoms with Gasteiger partial charge in [0.25, 0.3) is 0 Å². The normalized spacial score (nSPS) is 20.7. The van der Waals surface area contributed by atoms with Gasteiger partial charge in [0, 0.05) is 25.6 Å². The number of piperidine rings is 1. The molecule has 19 heavy (non-hydrogen) atoms. The van der Waals surface area contributed by atoms with Crippen molar-refractivity contribution in [1.82, 2.24) is 15.2 Å². The van der Waals surface area contributed by atoms with Crippen molar-refractivity contribution in [2.45, 2.75) is 25.7 Å². The molecule has 0 bridgehead atoms. The molecule has 1 saturated carbocycles. The summed E-state index contributed by atoms with van der Waals surface area (Å²) in [5.74, 6) is 5.95. The standard InChI is InChI=1S/C13H24N4O2/c1-16(8-10-2-3-10)9-12(18)17-6-4-11(5-7-17)13(19)15-14/h10-11H,2-9,14H2,1H3,(H,15,19). The van der Waals surface area contributed by atoms with Crippen LogP contribution in [0.4, 0.5) is 0 Å². The molecule has 6 heteroatoms. The SMILES string of the molecule is CN(CC(=O)N1CCC(C(=O)NN)CC1)CC1CC1. The smallest absolute Gasteiger partial charge is 0.237 e. The van der Waals surface area contributed by atoms with Crippen LogP contribution >= 0.6 is 0 Å². The summed E-state index contributed by atoms with van der Waals surface area (Å²) in [6.07, 6.45) is 4.03. The van der Waals surface area contributed by atoms with Gasteiger partial charge < -0.3 is 4.90 Å². The molecule has 0 aromatic heterocycles. The summed E-state index contributed by atoms with van der Waals surface area (Å²) >= 11 is 0. The van der Waals surface area contributed by atoms with Crippen molar-refractivity contribution in [1.29, 1.82) is 0 Å². The largest absolute Gasteiger partial charge is 0.342 e. The number of carbonyl (C=O) groups is 2. The Morgan fingerprint density at radius 1 is 1.26 bits per heavy atom. The first kappa shape index (κ1) is 14.3. The van der Waals surface area contributed by atoms with E-state index in [4.69, 9.17) is 5.84 Å². The lowest BCUT2D eigenvalue weighted by atomic mass is 9.96. The second kappa shape index (κ2) is 6.34. The molecule has 0 aromatic carbocycles. The highest BCUT2D eigenvalue weighted by Crippen LogP contribution is 2.29. The third-order valence-electron chi connectivity index (χ3n) is 4.03. The van der Waals surface area contributed by atoms with E-state index in [-0.39, 0.29) is 17.7 Å². The Hall–Kier alpha value is -1.14. The molecule has 2 rings (SSSR count). The summed E-state index contributed by atoms with van der Waals surface area (Å²) in [5, 5.41) is 0. The van der Waals surface area contributed by atoms with E-state index < -0.39 is 0 Å². The topological polar surface area (TPSA) is 78.7 Å². The fraction of sp³-hybridized carbons (Fsp3) is 0.846. The number of hydrazine groups is 1. The highest BCUT2D eigenvalue weighted by atomic mass is 16.2. The Morgan fingerprint density at radius 2 is 1.89 bits per heavy atom. The first-order chi connectivity index (χ1) is 9.10. The minimum Gasteiger partial charge on any atom is -0.342 e. The minimum atomic E-state index is -0.113. The predicted octanol–water partition coefficient (Wildman–Crippen LogP) is -0.443. The molecule has 6 nitrogen and oxygen atoms in total. The van der Waals surface area contributed by atoms with Crippen LogP contribution in [0.3, 0.4) is 0 Å². The van der Waals surface area contributed by atoms with E-state index in [1.54, 1.807) is 0 Å². The van der Waals surface area contributed by atoms with Gasteiger partial charge in [0.15, 0.2) is 0 Å². The molecule has 0 spiro atoms. The van der Waals surface area contributed by atoms with Gasteiger partial charge in [-0.15, -0.1) is 0 Å². The van der Waals surface area contributed by atoms with E-state index >= 15 is 0 Å². The third kappa shape index (κ3) is 4.18. The Labute approximate surface area is 114 Å². The van der Waals surface area contributed by atoms with E-state index in [0.29, 0.717) is 32.5 Å². The molecule has 0 radical (unpaired) electrons. The van der Waals surface area contributed by atoms with Crippen molar-refractivity contribution in [2.24, 2.45) is 17.7 Å². The maximum absolute atomic E-state index is 12.1. The van der Waals surface area contributed by atoms with Gasteiger partial charge >= 0.3 is 0 Å². The number of carbonyl (C=O) groups excluding carboxylic acids is 2. The lowest BCUT2D eigenvalue weighted by Gasteiger charge is -2.32. The van der Waals surface area contributed by atoms with Gasteiger partial charge in [-0.05, 0) is 38.6 Å². The van der Waals surface area contributed by atoms with E-state index in [1.807, 2.05) is 11.9 Å². The molecule has 1 saturated heterocycles. The van der Waals surface area contributed by atoms with Crippen LogP contribution in [0.2, 0.25) is 0 Å². The maximum Gasteiger partial charge on any atom is 0.237 e. The van der Waals surface area contributed by atoms with Crippen molar-refractivity contribution in [3.05, 3.63) is 0 Å². The summed E-state index contributed by atoms with van der Waals surface area (Å²) in [7, 11) is 2.00. The molecule has 2 fully saturated rings. The Bertz CT molecular complexity index is 336. The Morgan fingerprint density at radius 3 is 2.42 bits per heavy atom. The number of likely N-dealkylation sites (N-methyl/N-ethyl adjacent to an activating group) is 1. The highest BCUT2D eigenvalue weighted by Gasteiger charge is 2.28. The quantitative estimate of drug-likeness (QED) is 0.402. The number of nitrogens with two attached hydrogens (primary N) is 1. The second-order valence-electron chi connectivity index (χ2n) is 5.80. The molecule has 2 aliphatic rings. The molecule has 3 N–H and O–H groups in total. The fourth-order valence-corrected chi connectivity index (χ4v) is 2.65. The van der Waals surface area contributed by atoms with Gasteiger partial charge in [-0.2, -0.15) is 0 Å². The van der Waals surface area contributed by atoms with E-state index in [2.05, 4.69) is 10.3 Å². The summed E-state index contributed by atoms with van der Waals surface area (Å²) in [5.41, 5.74) is 2.19. The Kier molecular flexibility index (Phi) is 4.76. The zero-order chi connectivity index (χ0) is 13.8. The summed E-state index contributed by atoms with van der Waals surface area (Å²) in [6.45, 7) is 2.84. The van der Waals surface area contributed by atoms with Crippen LogP contribution in [0.5, 0.6) is 0 Å². The van der Waals surface area contributed by atoms with Crippen molar-refractivity contribution in [2.75, 3.05) is 33.2 Å². The zero-order valence-corrected chi connectivity index (χ0v) is 11.6. The molecule has 2 amide bonds. The van der Waals surface area contributed by atoms with Crippen LogP contribution < -0.4 is 11.3 Å². The van der Waals surface area contributed by atoms with E-state index in [0.717, 1.165) is 12.5 Å². The van der Waals surface area contributed by atoms with Gasteiger partial charge in [-0.25, -0.2) is 5.84 Å². The summed E-state index contributed by atoms with van der Waals surface area (Å²) in [6, 6.07) is 0. The van der Waals surface area contributed by atoms with E-state index in [9.17, 15) is 9.59 Å². The number of hydrogen-bond acceptors (Lipinski definition) is 4. The van der Waals surface area contributed by atoms with Gasteiger partial charge in [0.2, 0.25) is 11.8 Å². The lowest BCUT2D eigenvalue weighted by molar-refractivity contribution is -0.136. The zero-order valence-electron chi connectivity index (χ0n) is 11.6. The van der Waals surface area contributed by atoms with E-state index in [1.165, 1.54) is 12.8 Å². The number of amides is 2. The first-order valence-electron chi connectivity index (χ1n) is 7.07. The van der Waals surface area contributed by atoms with Crippen molar-refractivity contribution < 1.29 is 9.59 Å². The van der Waals surface area contributed by atoms with Gasteiger partial charge in [-0.1, -0.05) is 0 Å². The average Bonchev–Trinajstić information content (AvgIpc) is 3.21. The van der Waals surface area contributed by atoms with Crippen LogP contribution in [0.15, 0.2) is 0 Å². The molecule has 0 atom stereocenters. The van der Waals surface area contributed by atoms with Crippen molar-refractivity contribution in [3.8, 4) is 0 Å². The lowest BCUT2D eigenvalue weighted by Crippen LogP contribution is -2.47. The molecule has 0 aromatic rings. The van der Waals surface area contributed by atoms with Crippen molar-refractivity contribution in [3.63, 3.8) is 0 Å². The number of nitrogens with one attached hydrogen (secondary N) is 1. The van der Waals surface area contributed by atoms with Crippen LogP contribution in [0, 0.1) is 11.8 Å². The molecule has 1 aliphatic heterocycles. The minimum absolute atomic E-state index is 0.0433. The average molecular weight is 268 g/mol. The summed E-state index contributed by atoms with van der Waals surface area (Å²) < 4.78 is 0. The van der Waals surface area contributed by atoms with Crippen LogP contribution in [-0.2, 0) is 9.59 Å². The monoisotopic (exact) mass is 268 g/mol. The first-order valence-corrected chi connectivity index (χ1v) is 7.07. The van der Waals surface area contributed by atoms with Crippen molar-refractivity contribution >= 4 is 11.8 Å². The van der Waals surface area contributed by atoms with Gasteiger partial charge in [0.1, 0.15) is 0 Å². The fourth-order valence-electron chi connectivity index (χ4n) is 2.65. The summed E-state index contributed by atoms with van der Waals surface area (Å²) in [4.78, 5) is 27.5. The number of rotatable bonds is 5. The van der Waals surface area contributed by atoms with Crippen LogP contribution in [0.25, 0.3) is 0 Å². The molecule has 0 unspecified atom stereocenters. The second-order valence-corrected chi connectivity index (χ2v) is 5.80. The molecular formula is C13H24N4O2. The van der Waals surface area contributed by atoms with Gasteiger partial charge in [0.05, 0.1) is 6.54 Å². The number of hydrogen-bond donors (Lipinski definition) is 2. The predicted molar refractivity (Wildman–Crippen MR) is 71.9 cm³/mol. The maximum atomic E-state index is 12.1. The molecule has 108 valence electrons. The third-order valence-corrected chi connectivity index (χ3v) is 4.03. The highest BCUT2D eigenvalue weighted by molar-refractivity contribution is 5.80. The number of likely N-dealkylation sites (tertiary alicyclic amines) is 1. The Balaban J connectivity index is 1.70. The van der Waals surface area contributed by atoms with Crippen LogP contribution in [-0.4, -0.2) is 54.8 Å². The number of nitrogens with zero attached hydrogens (tertiary/aromatic N) is 2. The van der Waals surface area contributed by atoms with Gasteiger partial charge in [-0.3, -0.25) is 19.9 Å². The molecule has 1 aliphatic carbocycles. The molecular weight excluding hydrogens is 244 g/mol. The molecule has 1 heterocycles.